The van der Waals surface area contributed by atoms with E-state index in [4.69, 9.17) is 5.11 Å². The molecule has 128 valence electrons. The van der Waals surface area contributed by atoms with Crippen molar-refractivity contribution in [3.8, 4) is 0 Å². The highest BCUT2D eigenvalue weighted by Crippen LogP contribution is 2.09. The second kappa shape index (κ2) is 9.57. The highest BCUT2D eigenvalue weighted by atomic mass is 16.3. The van der Waals surface area contributed by atoms with Gasteiger partial charge in [0.25, 0.3) is 0 Å². The van der Waals surface area contributed by atoms with E-state index in [2.05, 4.69) is 15.5 Å². The Morgan fingerprint density at radius 1 is 0.958 bits per heavy atom. The van der Waals surface area contributed by atoms with Crippen molar-refractivity contribution in [3.63, 3.8) is 0 Å². The predicted octanol–water partition coefficient (Wildman–Crippen LogP) is 2.16. The van der Waals surface area contributed by atoms with Crippen LogP contribution in [0, 0.1) is 0 Å². The van der Waals surface area contributed by atoms with Crippen molar-refractivity contribution in [3.05, 3.63) is 65.7 Å². The SMILES string of the molecule is CN(CCNC(=O)NCCc1ccc(CO)cc1)c1ccccc1. The molecule has 0 fully saturated rings. The molecule has 3 N–H and O–H groups in total. The van der Waals surface area contributed by atoms with Gasteiger partial charge in [0.15, 0.2) is 0 Å². The zero-order chi connectivity index (χ0) is 17.2. The first kappa shape index (κ1) is 17.8. The molecule has 2 aromatic carbocycles. The number of hydrogen-bond acceptors (Lipinski definition) is 3. The van der Waals surface area contributed by atoms with Crippen molar-refractivity contribution in [1.82, 2.24) is 10.6 Å². The standard InChI is InChI=1S/C19H25N3O2/c1-22(18-5-3-2-4-6-18)14-13-21-19(24)20-12-11-16-7-9-17(15-23)10-8-16/h2-10,23H,11-15H2,1H3,(H2,20,21,24). The van der Waals surface area contributed by atoms with Gasteiger partial charge in [0.05, 0.1) is 6.61 Å². The normalized spacial score (nSPS) is 10.2. The number of aliphatic hydroxyl groups is 1. The van der Waals surface area contributed by atoms with Crippen LogP contribution < -0.4 is 15.5 Å². The molecule has 0 atom stereocenters. The molecular formula is C19H25N3O2. The monoisotopic (exact) mass is 327 g/mol. The number of urea groups is 1. The number of para-hydroxylation sites is 1. The first-order valence-electron chi connectivity index (χ1n) is 8.15. The summed E-state index contributed by atoms with van der Waals surface area (Å²) in [6, 6.07) is 17.7. The van der Waals surface area contributed by atoms with Gasteiger partial charge in [-0.2, -0.15) is 0 Å². The van der Waals surface area contributed by atoms with Crippen molar-refractivity contribution in [2.45, 2.75) is 13.0 Å². The Hall–Kier alpha value is -2.53. The third-order valence-corrected chi connectivity index (χ3v) is 3.83. The fourth-order valence-corrected chi connectivity index (χ4v) is 2.34. The Morgan fingerprint density at radius 3 is 2.25 bits per heavy atom. The van der Waals surface area contributed by atoms with Crippen LogP contribution >= 0.6 is 0 Å². The number of aliphatic hydroxyl groups excluding tert-OH is 1. The minimum Gasteiger partial charge on any atom is -0.392 e. The largest absolute Gasteiger partial charge is 0.392 e. The second-order valence-corrected chi connectivity index (χ2v) is 5.66. The maximum atomic E-state index is 11.8. The van der Waals surface area contributed by atoms with Crippen LogP contribution in [0.5, 0.6) is 0 Å². The average molecular weight is 327 g/mol. The van der Waals surface area contributed by atoms with E-state index in [0.717, 1.165) is 29.8 Å². The maximum Gasteiger partial charge on any atom is 0.314 e. The van der Waals surface area contributed by atoms with Crippen molar-refractivity contribution in [1.29, 1.82) is 0 Å². The van der Waals surface area contributed by atoms with Gasteiger partial charge in [0.2, 0.25) is 0 Å². The van der Waals surface area contributed by atoms with Crippen LogP contribution in [-0.4, -0.2) is 37.8 Å². The van der Waals surface area contributed by atoms with E-state index in [1.807, 2.05) is 61.6 Å². The molecule has 0 radical (unpaired) electrons. The number of anilines is 1. The highest BCUT2D eigenvalue weighted by Gasteiger charge is 2.02. The molecule has 2 rings (SSSR count). The van der Waals surface area contributed by atoms with Gasteiger partial charge in [0.1, 0.15) is 0 Å². The number of hydrogen-bond donors (Lipinski definition) is 3. The molecule has 0 aromatic heterocycles. The lowest BCUT2D eigenvalue weighted by atomic mass is 10.1. The minimum absolute atomic E-state index is 0.0539. The Labute approximate surface area is 143 Å². The highest BCUT2D eigenvalue weighted by molar-refractivity contribution is 5.73. The Kier molecular flexibility index (Phi) is 7.11. The van der Waals surface area contributed by atoms with Crippen LogP contribution in [0.25, 0.3) is 0 Å². The lowest BCUT2D eigenvalue weighted by Gasteiger charge is -2.19. The molecule has 0 saturated heterocycles. The fourth-order valence-electron chi connectivity index (χ4n) is 2.34. The van der Waals surface area contributed by atoms with Gasteiger partial charge in [-0.1, -0.05) is 42.5 Å². The molecule has 0 aliphatic carbocycles. The lowest BCUT2D eigenvalue weighted by molar-refractivity contribution is 0.241. The summed E-state index contributed by atoms with van der Waals surface area (Å²) < 4.78 is 0. The molecule has 5 heteroatoms. The molecule has 0 bridgehead atoms. The molecule has 0 saturated carbocycles. The fraction of sp³-hybridized carbons (Fsp3) is 0.316. The summed E-state index contributed by atoms with van der Waals surface area (Å²) in [5.41, 5.74) is 3.16. The lowest BCUT2D eigenvalue weighted by Crippen LogP contribution is -2.40. The molecule has 24 heavy (non-hydrogen) atoms. The van der Waals surface area contributed by atoms with Gasteiger partial charge in [-0.15, -0.1) is 0 Å². The Bertz CT molecular complexity index is 614. The molecule has 0 heterocycles. The van der Waals surface area contributed by atoms with Crippen molar-refractivity contribution in [2.75, 3.05) is 31.6 Å². The Morgan fingerprint density at radius 2 is 1.58 bits per heavy atom. The summed E-state index contributed by atoms with van der Waals surface area (Å²) in [5, 5.41) is 14.7. The van der Waals surface area contributed by atoms with E-state index in [0.29, 0.717) is 13.1 Å². The van der Waals surface area contributed by atoms with Crippen molar-refractivity contribution >= 4 is 11.7 Å². The Balaban J connectivity index is 1.61. The summed E-state index contributed by atoms with van der Waals surface area (Å²) in [6.07, 6.45) is 0.767. The zero-order valence-corrected chi connectivity index (χ0v) is 14.0. The molecule has 5 nitrogen and oxygen atoms in total. The molecule has 0 aliphatic rings. The first-order chi connectivity index (χ1) is 11.7. The number of amides is 2. The van der Waals surface area contributed by atoms with E-state index < -0.39 is 0 Å². The average Bonchev–Trinajstić information content (AvgIpc) is 2.63. The van der Waals surface area contributed by atoms with Gasteiger partial charge in [-0.25, -0.2) is 4.79 Å². The summed E-state index contributed by atoms with van der Waals surface area (Å²) >= 11 is 0. The summed E-state index contributed by atoms with van der Waals surface area (Å²) in [4.78, 5) is 13.9. The third kappa shape index (κ3) is 5.93. The summed E-state index contributed by atoms with van der Waals surface area (Å²) in [5.74, 6) is 0. The van der Waals surface area contributed by atoms with Crippen LogP contribution in [0.2, 0.25) is 0 Å². The number of nitrogens with zero attached hydrogens (tertiary/aromatic N) is 1. The van der Waals surface area contributed by atoms with Gasteiger partial charge in [-0.3, -0.25) is 0 Å². The van der Waals surface area contributed by atoms with Crippen LogP contribution in [0.15, 0.2) is 54.6 Å². The molecule has 0 aliphatic heterocycles. The van der Waals surface area contributed by atoms with E-state index in [1.54, 1.807) is 0 Å². The molecule has 0 unspecified atom stereocenters. The van der Waals surface area contributed by atoms with Crippen LogP contribution in [0.1, 0.15) is 11.1 Å². The third-order valence-electron chi connectivity index (χ3n) is 3.83. The van der Waals surface area contributed by atoms with Gasteiger partial charge >= 0.3 is 6.03 Å². The molecule has 0 spiro atoms. The van der Waals surface area contributed by atoms with Crippen LogP contribution in [0.4, 0.5) is 10.5 Å². The zero-order valence-electron chi connectivity index (χ0n) is 14.0. The van der Waals surface area contributed by atoms with E-state index >= 15 is 0 Å². The number of carbonyl (C=O) groups is 1. The predicted molar refractivity (Wildman–Crippen MR) is 97.2 cm³/mol. The summed E-state index contributed by atoms with van der Waals surface area (Å²) in [7, 11) is 2.00. The van der Waals surface area contributed by atoms with Crippen molar-refractivity contribution < 1.29 is 9.90 Å². The van der Waals surface area contributed by atoms with E-state index in [9.17, 15) is 4.79 Å². The van der Waals surface area contributed by atoms with E-state index in [1.165, 1.54) is 0 Å². The second-order valence-electron chi connectivity index (χ2n) is 5.66. The van der Waals surface area contributed by atoms with E-state index in [-0.39, 0.29) is 12.6 Å². The van der Waals surface area contributed by atoms with Gasteiger partial charge in [-0.05, 0) is 29.7 Å². The van der Waals surface area contributed by atoms with Crippen LogP contribution in [0.3, 0.4) is 0 Å². The summed E-state index contributed by atoms with van der Waals surface area (Å²) in [6.45, 7) is 1.97. The topological polar surface area (TPSA) is 64.6 Å². The number of rotatable bonds is 8. The molecule has 2 aromatic rings. The number of likely N-dealkylation sites (N-methyl/N-ethyl adjacent to an activating group) is 1. The number of benzene rings is 2. The number of nitrogens with one attached hydrogen (secondary N) is 2. The smallest absolute Gasteiger partial charge is 0.314 e. The quantitative estimate of drug-likeness (QED) is 0.696. The molecular weight excluding hydrogens is 302 g/mol. The van der Waals surface area contributed by atoms with Crippen molar-refractivity contribution in [2.24, 2.45) is 0 Å². The first-order valence-corrected chi connectivity index (χ1v) is 8.15. The minimum atomic E-state index is -0.150. The van der Waals surface area contributed by atoms with Gasteiger partial charge < -0.3 is 20.6 Å². The van der Waals surface area contributed by atoms with Crippen LogP contribution in [-0.2, 0) is 13.0 Å². The maximum absolute atomic E-state index is 11.8. The number of carbonyl (C=O) groups excluding carboxylic acids is 1. The molecule has 2 amide bonds. The van der Waals surface area contributed by atoms with Gasteiger partial charge in [0, 0.05) is 32.4 Å².